The summed E-state index contributed by atoms with van der Waals surface area (Å²) in [5, 5.41) is 22.4. The molecule has 96 valence electrons. The van der Waals surface area contributed by atoms with E-state index >= 15 is 0 Å². The van der Waals surface area contributed by atoms with Gasteiger partial charge in [0.15, 0.2) is 6.21 Å². The molecule has 0 amide bonds. The highest BCUT2D eigenvalue weighted by molar-refractivity contribution is 5.77. The van der Waals surface area contributed by atoms with Crippen LogP contribution < -0.4 is 0 Å². The minimum absolute atomic E-state index is 0.00477. The average molecular weight is 256 g/mol. The Morgan fingerprint density at radius 1 is 1.00 bits per heavy atom. The molecule has 0 aromatic heterocycles. The van der Waals surface area contributed by atoms with Crippen molar-refractivity contribution in [2.45, 2.75) is 6.92 Å². The van der Waals surface area contributed by atoms with Crippen molar-refractivity contribution in [3.05, 3.63) is 75.0 Å². The fourth-order valence-electron chi connectivity index (χ4n) is 1.66. The summed E-state index contributed by atoms with van der Waals surface area (Å²) in [5.41, 5.74) is 2.14. The standard InChI is InChI=1S/C14H12N2O3/c1-11-3-2-4-14(9-11)15(17)10-12-5-7-13(8-6-12)16(18)19/h2-10H,1H3/b15-10-. The van der Waals surface area contributed by atoms with E-state index in [-0.39, 0.29) is 5.69 Å². The Morgan fingerprint density at radius 2 is 1.68 bits per heavy atom. The van der Waals surface area contributed by atoms with Gasteiger partial charge in [-0.25, -0.2) is 0 Å². The van der Waals surface area contributed by atoms with Crippen molar-refractivity contribution in [2.24, 2.45) is 0 Å². The van der Waals surface area contributed by atoms with Crippen LogP contribution in [-0.2, 0) is 0 Å². The van der Waals surface area contributed by atoms with Gasteiger partial charge in [-0.3, -0.25) is 10.1 Å². The topological polar surface area (TPSA) is 69.2 Å². The third-order valence-corrected chi connectivity index (χ3v) is 2.63. The van der Waals surface area contributed by atoms with Crippen LogP contribution in [0.2, 0.25) is 0 Å². The fourth-order valence-corrected chi connectivity index (χ4v) is 1.66. The van der Waals surface area contributed by atoms with E-state index in [2.05, 4.69) is 0 Å². The van der Waals surface area contributed by atoms with E-state index in [0.29, 0.717) is 11.3 Å². The summed E-state index contributed by atoms with van der Waals surface area (Å²) in [6.45, 7) is 1.91. The first kappa shape index (κ1) is 12.8. The average Bonchev–Trinajstić information content (AvgIpc) is 2.39. The van der Waals surface area contributed by atoms with Gasteiger partial charge in [0.25, 0.3) is 5.69 Å². The fraction of sp³-hybridized carbons (Fsp3) is 0.0714. The van der Waals surface area contributed by atoms with E-state index in [1.807, 2.05) is 13.0 Å². The Hall–Kier alpha value is -2.69. The molecular formula is C14H12N2O3. The zero-order valence-corrected chi connectivity index (χ0v) is 10.3. The molecule has 0 N–H and O–H groups in total. The second-order valence-corrected chi connectivity index (χ2v) is 4.14. The molecule has 0 unspecified atom stereocenters. The van der Waals surface area contributed by atoms with Crippen LogP contribution in [-0.4, -0.2) is 15.9 Å². The third-order valence-electron chi connectivity index (χ3n) is 2.63. The summed E-state index contributed by atoms with van der Waals surface area (Å²) >= 11 is 0. The number of rotatable bonds is 3. The van der Waals surface area contributed by atoms with Gasteiger partial charge in [-0.15, -0.1) is 0 Å². The van der Waals surface area contributed by atoms with Crippen LogP contribution in [0.4, 0.5) is 11.4 Å². The van der Waals surface area contributed by atoms with Crippen LogP contribution in [0.15, 0.2) is 48.5 Å². The molecule has 0 aliphatic carbocycles. The highest BCUT2D eigenvalue weighted by Crippen LogP contribution is 2.14. The minimum atomic E-state index is -0.473. The van der Waals surface area contributed by atoms with Crippen LogP contribution in [0.3, 0.4) is 0 Å². The second-order valence-electron chi connectivity index (χ2n) is 4.14. The van der Waals surface area contributed by atoms with Gasteiger partial charge in [0, 0.05) is 29.8 Å². The molecule has 0 spiro atoms. The molecule has 0 saturated heterocycles. The van der Waals surface area contributed by atoms with Crippen LogP contribution in [0.25, 0.3) is 0 Å². The first-order chi connectivity index (χ1) is 9.06. The van der Waals surface area contributed by atoms with Gasteiger partial charge in [-0.2, -0.15) is 4.74 Å². The Balaban J connectivity index is 2.27. The first-order valence-electron chi connectivity index (χ1n) is 5.68. The van der Waals surface area contributed by atoms with Crippen molar-refractivity contribution >= 4 is 17.6 Å². The van der Waals surface area contributed by atoms with Crippen LogP contribution in [0, 0.1) is 22.2 Å². The summed E-state index contributed by atoms with van der Waals surface area (Å²) in [6, 6.07) is 13.0. The molecule has 2 aromatic carbocycles. The molecule has 5 nitrogen and oxygen atoms in total. The van der Waals surface area contributed by atoms with Gasteiger partial charge < -0.3 is 5.21 Å². The number of aryl methyl sites for hydroxylation is 1. The molecule has 19 heavy (non-hydrogen) atoms. The van der Waals surface area contributed by atoms with Gasteiger partial charge in [-0.1, -0.05) is 12.1 Å². The van der Waals surface area contributed by atoms with Crippen molar-refractivity contribution in [2.75, 3.05) is 0 Å². The van der Waals surface area contributed by atoms with Gasteiger partial charge in [0.1, 0.15) is 0 Å². The highest BCUT2D eigenvalue weighted by Gasteiger charge is 2.05. The van der Waals surface area contributed by atoms with Crippen molar-refractivity contribution in [3.63, 3.8) is 0 Å². The smallest absolute Gasteiger partial charge is 0.269 e. The summed E-state index contributed by atoms with van der Waals surface area (Å²) in [5.74, 6) is 0. The minimum Gasteiger partial charge on any atom is -0.618 e. The van der Waals surface area contributed by atoms with Gasteiger partial charge in [-0.05, 0) is 24.6 Å². The number of benzene rings is 2. The predicted octanol–water partition coefficient (Wildman–Crippen LogP) is 3.16. The predicted molar refractivity (Wildman–Crippen MR) is 72.7 cm³/mol. The highest BCUT2D eigenvalue weighted by atomic mass is 16.6. The number of hydrogen-bond acceptors (Lipinski definition) is 3. The third kappa shape index (κ3) is 3.16. The zero-order chi connectivity index (χ0) is 13.8. The summed E-state index contributed by atoms with van der Waals surface area (Å²) in [7, 11) is 0. The summed E-state index contributed by atoms with van der Waals surface area (Å²) < 4.78 is 0.744. The van der Waals surface area contributed by atoms with Crippen LogP contribution in [0.1, 0.15) is 11.1 Å². The van der Waals surface area contributed by atoms with Crippen molar-refractivity contribution in [1.82, 2.24) is 0 Å². The second kappa shape index (κ2) is 5.30. The number of hydrogen-bond donors (Lipinski definition) is 0. The Bertz CT molecular complexity index is 633. The molecule has 0 fully saturated rings. The Labute approximate surface area is 110 Å². The van der Waals surface area contributed by atoms with E-state index in [1.54, 1.807) is 30.3 Å². The molecule has 0 bridgehead atoms. The molecular weight excluding hydrogens is 244 g/mol. The van der Waals surface area contributed by atoms with E-state index < -0.39 is 4.92 Å². The monoisotopic (exact) mass is 256 g/mol. The summed E-state index contributed by atoms with van der Waals surface area (Å²) in [4.78, 5) is 10.0. The quantitative estimate of drug-likeness (QED) is 0.278. The molecule has 0 heterocycles. The molecule has 5 heteroatoms. The van der Waals surface area contributed by atoms with Gasteiger partial charge >= 0.3 is 0 Å². The molecule has 0 atom stereocenters. The lowest BCUT2D eigenvalue weighted by Crippen LogP contribution is -1.99. The lowest BCUT2D eigenvalue weighted by atomic mass is 10.2. The molecule has 0 aliphatic heterocycles. The zero-order valence-electron chi connectivity index (χ0n) is 10.3. The van der Waals surface area contributed by atoms with E-state index in [0.717, 1.165) is 10.3 Å². The van der Waals surface area contributed by atoms with Crippen molar-refractivity contribution in [1.29, 1.82) is 0 Å². The maximum absolute atomic E-state index is 11.9. The lowest BCUT2D eigenvalue weighted by molar-refractivity contribution is -0.384. The molecule has 2 rings (SSSR count). The largest absolute Gasteiger partial charge is 0.618 e. The lowest BCUT2D eigenvalue weighted by Gasteiger charge is -2.03. The van der Waals surface area contributed by atoms with E-state index in [9.17, 15) is 15.3 Å². The number of nitrogens with zero attached hydrogens (tertiary/aromatic N) is 2. The Kier molecular flexibility index (Phi) is 3.56. The normalized spacial score (nSPS) is 11.3. The first-order valence-corrected chi connectivity index (χ1v) is 5.68. The van der Waals surface area contributed by atoms with E-state index in [4.69, 9.17) is 0 Å². The SMILES string of the molecule is Cc1cccc(/[N+]([O-])=C/c2ccc([N+](=O)[O-])cc2)c1. The summed E-state index contributed by atoms with van der Waals surface area (Å²) in [6.07, 6.45) is 1.39. The van der Waals surface area contributed by atoms with Gasteiger partial charge in [0.05, 0.1) is 4.92 Å². The molecule has 2 aromatic rings. The number of nitro groups is 1. The number of nitro benzene ring substituents is 1. The van der Waals surface area contributed by atoms with Gasteiger partial charge in [0.2, 0.25) is 5.69 Å². The van der Waals surface area contributed by atoms with Crippen LogP contribution in [0.5, 0.6) is 0 Å². The van der Waals surface area contributed by atoms with E-state index in [1.165, 1.54) is 18.3 Å². The van der Waals surface area contributed by atoms with Crippen molar-refractivity contribution < 1.29 is 9.66 Å². The molecule has 0 saturated carbocycles. The maximum atomic E-state index is 11.9. The molecule has 0 radical (unpaired) electrons. The Morgan fingerprint density at radius 3 is 2.26 bits per heavy atom. The molecule has 0 aliphatic rings. The van der Waals surface area contributed by atoms with Crippen LogP contribution >= 0.6 is 0 Å². The number of non-ortho nitro benzene ring substituents is 1. The van der Waals surface area contributed by atoms with Crippen molar-refractivity contribution in [3.8, 4) is 0 Å². The maximum Gasteiger partial charge on any atom is 0.269 e.